The Morgan fingerprint density at radius 1 is 0.262 bits per heavy atom. The number of unbranched alkanes of at least 4 members (excludes halogenated alkanes) is 13. The lowest BCUT2D eigenvalue weighted by Crippen LogP contribution is -2.63. The third-order valence-electron chi connectivity index (χ3n) is 26.2. The summed E-state index contributed by atoms with van der Waals surface area (Å²) in [4.78, 5) is 73.7. The molecular formula is C99H183N23. The van der Waals surface area contributed by atoms with Gasteiger partial charge >= 0.3 is 0 Å². The summed E-state index contributed by atoms with van der Waals surface area (Å²) >= 11 is 0. The van der Waals surface area contributed by atoms with Crippen molar-refractivity contribution in [2.75, 3.05) is 123 Å². The first kappa shape index (κ1) is 102. The maximum absolute atomic E-state index is 6.09. The molecule has 8 rings (SSSR count). The summed E-state index contributed by atoms with van der Waals surface area (Å²) in [6.07, 6.45) is 35.2. The van der Waals surface area contributed by atoms with Crippen molar-refractivity contribution in [3.05, 3.63) is 24.2 Å². The van der Waals surface area contributed by atoms with Crippen LogP contribution < -0.4 is 70.7 Å². The summed E-state index contributed by atoms with van der Waals surface area (Å²) in [5, 5.41) is 20.3. The van der Waals surface area contributed by atoms with Crippen LogP contribution in [0.25, 0.3) is 0 Å². The fraction of sp³-hybridized carbons (Fsp3) is 0.869. The van der Waals surface area contributed by atoms with Crippen molar-refractivity contribution in [2.45, 2.75) is 478 Å². The van der Waals surface area contributed by atoms with E-state index in [1.54, 1.807) is 0 Å². The van der Waals surface area contributed by atoms with Crippen molar-refractivity contribution < 1.29 is 0 Å². The smallest absolute Gasteiger partial charge is 0.236 e. The van der Waals surface area contributed by atoms with Crippen molar-refractivity contribution in [1.82, 2.24) is 71.4 Å². The lowest BCUT2D eigenvalue weighted by molar-refractivity contribution is 0.155. The molecule has 0 unspecified atom stereocenters. The molecule has 5 saturated heterocycles. The predicted molar refractivity (Wildman–Crippen MR) is 521 cm³/mol. The third kappa shape index (κ3) is 31.4. The first-order valence-corrected chi connectivity index (χ1v) is 49.5. The molecule has 0 bridgehead atoms. The van der Waals surface area contributed by atoms with E-state index in [0.717, 1.165) is 325 Å². The van der Waals surface area contributed by atoms with E-state index in [1.807, 2.05) is 6.20 Å². The zero-order chi connectivity index (χ0) is 89.7. The van der Waals surface area contributed by atoms with Gasteiger partial charge in [-0.05, 0) is 280 Å². The fourth-order valence-corrected chi connectivity index (χ4v) is 22.3. The van der Waals surface area contributed by atoms with Crippen molar-refractivity contribution in [3.63, 3.8) is 0 Å². The van der Waals surface area contributed by atoms with Gasteiger partial charge in [0.05, 0.1) is 6.20 Å². The van der Waals surface area contributed by atoms with E-state index < -0.39 is 0 Å². The minimum atomic E-state index is -0.130. The molecule has 122 heavy (non-hydrogen) atoms. The van der Waals surface area contributed by atoms with Crippen LogP contribution in [-0.4, -0.2) is 209 Å². The molecule has 3 aromatic rings. The molecule has 0 atom stereocenters. The predicted octanol–water partition coefficient (Wildman–Crippen LogP) is 20.3. The highest BCUT2D eigenvalue weighted by atomic mass is 15.4. The van der Waals surface area contributed by atoms with Gasteiger partial charge in [-0.2, -0.15) is 44.9 Å². The Morgan fingerprint density at radius 3 is 0.713 bits per heavy atom. The third-order valence-corrected chi connectivity index (χ3v) is 26.2. The molecule has 694 valence electrons. The molecule has 8 heterocycles. The number of piperidine rings is 5. The Morgan fingerprint density at radius 2 is 0.459 bits per heavy atom. The summed E-state index contributed by atoms with van der Waals surface area (Å²) in [5.41, 5.74) is 5.06. The molecule has 0 radical (unpaired) electrons. The van der Waals surface area contributed by atoms with Gasteiger partial charge in [0.2, 0.25) is 53.5 Å². The van der Waals surface area contributed by atoms with Gasteiger partial charge in [0, 0.05) is 165 Å². The lowest BCUT2D eigenvalue weighted by atomic mass is 9.79. The van der Waals surface area contributed by atoms with E-state index in [-0.39, 0.29) is 85.6 Å². The zero-order valence-electron chi connectivity index (χ0n) is 83.6. The largest absolute Gasteiger partial charge is 0.344 e. The van der Waals surface area contributed by atoms with E-state index in [0.29, 0.717) is 5.95 Å². The minimum absolute atomic E-state index is 0.0676. The van der Waals surface area contributed by atoms with E-state index in [1.165, 1.54) is 0 Å². The second kappa shape index (κ2) is 44.9. The molecule has 23 heteroatoms. The van der Waals surface area contributed by atoms with Gasteiger partial charge in [0.1, 0.15) is 0 Å². The summed E-state index contributed by atoms with van der Waals surface area (Å²) in [6.45, 7) is 77.5. The Balaban J connectivity index is 1.20. The number of hydrogen-bond donors (Lipinski definition) is 5. The van der Waals surface area contributed by atoms with Crippen LogP contribution in [-0.2, 0) is 0 Å². The Kier molecular flexibility index (Phi) is 37.4. The second-order valence-corrected chi connectivity index (χ2v) is 44.8. The second-order valence-electron chi connectivity index (χ2n) is 44.8. The molecule has 5 N–H and O–H groups in total. The zero-order valence-corrected chi connectivity index (χ0v) is 83.6. The monoisotopic (exact) mass is 1690 g/mol. The molecule has 5 aliphatic heterocycles. The number of anilines is 9. The van der Waals surface area contributed by atoms with Crippen molar-refractivity contribution >= 4 is 53.5 Å². The van der Waals surface area contributed by atoms with Crippen LogP contribution in [0.1, 0.15) is 392 Å². The number of nitrogens with one attached hydrogen (secondary N) is 5. The van der Waals surface area contributed by atoms with Crippen molar-refractivity contribution in [2.24, 2.45) is 0 Å². The Bertz CT molecular complexity index is 3620. The van der Waals surface area contributed by atoms with Gasteiger partial charge < -0.3 is 70.7 Å². The molecular weight excluding hydrogens is 1510 g/mol. The highest BCUT2D eigenvalue weighted by Crippen LogP contribution is 2.42. The molecule has 5 fully saturated rings. The average molecular weight is 1700 g/mol. The summed E-state index contributed by atoms with van der Waals surface area (Å²) in [5.74, 6) is 7.18. The molecule has 0 aromatic carbocycles. The topological polar surface area (TPSA) is 205 Å². The highest BCUT2D eigenvalue weighted by molar-refractivity contribution is 5.52. The van der Waals surface area contributed by atoms with Gasteiger partial charge in [0.15, 0.2) is 0 Å². The van der Waals surface area contributed by atoms with E-state index >= 15 is 0 Å². The Labute approximate surface area is 746 Å². The molecule has 0 saturated carbocycles. The van der Waals surface area contributed by atoms with Crippen LogP contribution in [0.5, 0.6) is 0 Å². The van der Waals surface area contributed by atoms with Crippen LogP contribution in [0, 0.1) is 0 Å². The standard InChI is InChI=1S/C99H183N23/c1-30-38-54-114(29)81-100-82(115(55-39-31-2)56-40-32-3)103-85(101-81)119(77-68-92(13,14)110-93(15,16)69-77)62-50-46-48-52-64-121(79-72-96(21,22)112-97(23,24)73-79)88-106-87(118(61-45-37-8)76-66-90(9,10)109-91(11,12)67-76)107-89(108-88)122(80-74-98(25,26)113-99(27,28)75-80)65-53-49-47-51-63-120(78-70-94(17,18)111-95(19,20)71-78)86-104-83(116(57-41-33-4)58-42-34-5)102-84(105-86)117(59-43-35-6)60-44-36-7/h57,76-80,109-113H,4,30-32,34-40,42-56,58-75H2,1-3,5-29H3. The van der Waals surface area contributed by atoms with Gasteiger partial charge in [-0.25, -0.2) is 0 Å². The SMILES string of the molecule is C=C=C=CN(CCCC)c1nc(N(CCCC)CCCC)nc(N(CCCCCCN(c2nc(N(CCCC)C3CC(C)(C)NC(C)(C)C3)nc(N(CCCCCCN(c3nc(N(C)CCCC)nc(N(CCCC)CCCC)n3)C3CC(C)(C)NC(C)(C)C3)C3CC(C)(C)NC(C)(C)C3)n2)C2CC(C)(C)NC(C)(C)C2)C2CC(C)(C)NC(C)(C)C2)n1. The van der Waals surface area contributed by atoms with Crippen LogP contribution in [0.15, 0.2) is 24.2 Å². The van der Waals surface area contributed by atoms with Crippen LogP contribution in [0.2, 0.25) is 0 Å². The maximum atomic E-state index is 6.09. The summed E-state index contributed by atoms with van der Waals surface area (Å²) in [7, 11) is 2.18. The number of nitrogens with zero attached hydrogens (tertiary/aromatic N) is 18. The fourth-order valence-electron chi connectivity index (χ4n) is 22.3. The van der Waals surface area contributed by atoms with Crippen LogP contribution in [0.4, 0.5) is 53.5 Å². The number of hydrogen-bond acceptors (Lipinski definition) is 23. The Hall–Kier alpha value is -5.67. The first-order chi connectivity index (χ1) is 57.3. The van der Waals surface area contributed by atoms with Gasteiger partial charge in [-0.1, -0.05) is 131 Å². The summed E-state index contributed by atoms with van der Waals surface area (Å²) in [6, 6.07) is 1.02. The van der Waals surface area contributed by atoms with Gasteiger partial charge in [-0.3, -0.25) is 0 Å². The molecule has 5 aliphatic rings. The van der Waals surface area contributed by atoms with Gasteiger partial charge in [-0.15, -0.1) is 0 Å². The quantitative estimate of drug-likeness (QED) is 0.0263. The number of rotatable bonds is 50. The molecule has 0 amide bonds. The molecule has 0 spiro atoms. The summed E-state index contributed by atoms with van der Waals surface area (Å²) < 4.78 is 0. The molecule has 23 nitrogen and oxygen atoms in total. The first-order valence-electron chi connectivity index (χ1n) is 49.5. The highest BCUT2D eigenvalue weighted by Gasteiger charge is 2.48. The number of aromatic nitrogens is 9. The average Bonchev–Trinajstić information content (AvgIpc) is 0.777. The van der Waals surface area contributed by atoms with E-state index in [2.05, 4.69) is 283 Å². The van der Waals surface area contributed by atoms with Crippen molar-refractivity contribution in [3.8, 4) is 0 Å². The van der Waals surface area contributed by atoms with Crippen LogP contribution >= 0.6 is 0 Å². The molecule has 0 aliphatic carbocycles. The van der Waals surface area contributed by atoms with E-state index in [9.17, 15) is 0 Å². The normalized spacial score (nSPS) is 20.4. The minimum Gasteiger partial charge on any atom is -0.344 e. The van der Waals surface area contributed by atoms with Gasteiger partial charge in [0.25, 0.3) is 0 Å². The van der Waals surface area contributed by atoms with Crippen LogP contribution in [0.3, 0.4) is 0 Å². The van der Waals surface area contributed by atoms with Crippen molar-refractivity contribution in [1.29, 1.82) is 0 Å². The lowest BCUT2D eigenvalue weighted by Gasteiger charge is -2.51. The maximum Gasteiger partial charge on any atom is 0.236 e. The molecule has 3 aromatic heterocycles. The van der Waals surface area contributed by atoms with E-state index in [4.69, 9.17) is 44.9 Å².